The second kappa shape index (κ2) is 8.31. The summed E-state index contributed by atoms with van der Waals surface area (Å²) < 4.78 is 60.1. The van der Waals surface area contributed by atoms with Crippen LogP contribution < -0.4 is 14.8 Å². The van der Waals surface area contributed by atoms with E-state index < -0.39 is 22.5 Å². The second-order valence-corrected chi connectivity index (χ2v) is 7.60. The van der Waals surface area contributed by atoms with E-state index in [2.05, 4.69) is 10.1 Å². The van der Waals surface area contributed by atoms with Gasteiger partial charge in [-0.1, -0.05) is 12.1 Å². The molecule has 0 aliphatic carbocycles. The number of hydrogen-bond acceptors (Lipinski definition) is 5. The molecule has 1 N–H and O–H groups in total. The van der Waals surface area contributed by atoms with Crippen LogP contribution in [0.2, 0.25) is 0 Å². The number of benzene rings is 2. The van der Waals surface area contributed by atoms with Crippen molar-refractivity contribution < 1.29 is 31.5 Å². The Hall–Kier alpha value is -2.72. The van der Waals surface area contributed by atoms with E-state index in [4.69, 9.17) is 4.74 Å². The van der Waals surface area contributed by atoms with Gasteiger partial charge in [0.2, 0.25) is 10.0 Å². The fraction of sp³-hybridized carbons (Fsp3) is 0.235. The minimum Gasteiger partial charge on any atom is -0.493 e. The number of sulfonamides is 1. The topological polar surface area (TPSA) is 84.9 Å². The molecule has 0 fully saturated rings. The number of hydrogen-bond donors (Lipinski definition) is 1. The zero-order valence-corrected chi connectivity index (χ0v) is 15.6. The predicted molar refractivity (Wildman–Crippen MR) is 94.9 cm³/mol. The summed E-state index contributed by atoms with van der Waals surface area (Å²) in [5.74, 6) is -0.977. The summed E-state index contributed by atoms with van der Waals surface area (Å²) in [5, 5.41) is 2.48. The summed E-state index contributed by atoms with van der Waals surface area (Å²) in [6.07, 6.45) is 0. The summed E-state index contributed by atoms with van der Waals surface area (Å²) in [6.45, 7) is -3.09. The summed E-state index contributed by atoms with van der Waals surface area (Å²) in [5.41, 5.74) is 0.0480. The molecule has 2 aromatic carbocycles. The second-order valence-electron chi connectivity index (χ2n) is 5.48. The van der Waals surface area contributed by atoms with Gasteiger partial charge in [-0.3, -0.25) is 4.79 Å². The van der Waals surface area contributed by atoms with Crippen molar-refractivity contribution in [1.82, 2.24) is 4.31 Å². The Morgan fingerprint density at radius 2 is 1.78 bits per heavy atom. The molecule has 2 rings (SSSR count). The molecule has 146 valence electrons. The van der Waals surface area contributed by atoms with Crippen molar-refractivity contribution in [2.24, 2.45) is 0 Å². The third kappa shape index (κ3) is 4.72. The molecule has 0 aromatic heterocycles. The highest BCUT2D eigenvalue weighted by molar-refractivity contribution is 7.89. The smallest absolute Gasteiger partial charge is 0.387 e. The molecule has 2 aromatic rings. The number of amides is 1. The number of para-hydroxylation sites is 1. The Labute approximate surface area is 155 Å². The van der Waals surface area contributed by atoms with Crippen LogP contribution in [0.25, 0.3) is 0 Å². The Balaban J connectivity index is 2.37. The SMILES string of the molecule is COc1ccc(C(=O)Nc2ccccc2S(=O)(=O)N(C)C)cc1OC(F)F. The Bertz CT molecular complexity index is 933. The number of alkyl halides is 2. The van der Waals surface area contributed by atoms with Crippen LogP contribution in [0.5, 0.6) is 11.5 Å². The quantitative estimate of drug-likeness (QED) is 0.773. The van der Waals surface area contributed by atoms with Gasteiger partial charge in [0.15, 0.2) is 11.5 Å². The van der Waals surface area contributed by atoms with Crippen LogP contribution in [-0.2, 0) is 10.0 Å². The molecule has 27 heavy (non-hydrogen) atoms. The first kappa shape index (κ1) is 20.6. The van der Waals surface area contributed by atoms with Gasteiger partial charge in [0, 0.05) is 19.7 Å². The number of rotatable bonds is 7. The standard InChI is InChI=1S/C17H18F2N2O5S/c1-21(2)27(23,24)15-7-5-4-6-12(15)20-16(22)11-8-9-13(25-3)14(10-11)26-17(18)19/h4-10,17H,1-3H3,(H,20,22). The lowest BCUT2D eigenvalue weighted by Crippen LogP contribution is -2.24. The number of nitrogens with one attached hydrogen (secondary N) is 1. The molecule has 0 unspecified atom stereocenters. The lowest BCUT2D eigenvalue weighted by molar-refractivity contribution is -0.0512. The maximum atomic E-state index is 12.5. The van der Waals surface area contributed by atoms with Crippen LogP contribution >= 0.6 is 0 Å². The largest absolute Gasteiger partial charge is 0.493 e. The molecule has 0 saturated carbocycles. The highest BCUT2D eigenvalue weighted by Crippen LogP contribution is 2.30. The van der Waals surface area contributed by atoms with Crippen LogP contribution in [0.4, 0.5) is 14.5 Å². The monoisotopic (exact) mass is 400 g/mol. The normalized spacial score (nSPS) is 11.5. The third-order valence-electron chi connectivity index (χ3n) is 3.54. The Morgan fingerprint density at radius 3 is 2.37 bits per heavy atom. The molecule has 0 saturated heterocycles. The molecule has 1 amide bonds. The van der Waals surface area contributed by atoms with E-state index >= 15 is 0 Å². The van der Waals surface area contributed by atoms with Crippen molar-refractivity contribution in [3.8, 4) is 11.5 Å². The van der Waals surface area contributed by atoms with Crippen molar-refractivity contribution in [2.75, 3.05) is 26.5 Å². The van der Waals surface area contributed by atoms with E-state index in [1.54, 1.807) is 6.07 Å². The number of carbonyl (C=O) groups is 1. The number of anilines is 1. The molecule has 0 aliphatic rings. The molecule has 0 bridgehead atoms. The van der Waals surface area contributed by atoms with Gasteiger partial charge in [0.05, 0.1) is 12.8 Å². The molecule has 0 spiro atoms. The summed E-state index contributed by atoms with van der Waals surface area (Å²) in [7, 11) is 0.211. The first-order chi connectivity index (χ1) is 12.7. The number of carbonyl (C=O) groups excluding carboxylic acids is 1. The van der Waals surface area contributed by atoms with Gasteiger partial charge in [-0.15, -0.1) is 0 Å². The fourth-order valence-corrected chi connectivity index (χ4v) is 3.23. The molecule has 0 atom stereocenters. The van der Waals surface area contributed by atoms with E-state index in [-0.39, 0.29) is 27.6 Å². The van der Waals surface area contributed by atoms with Crippen LogP contribution in [0.15, 0.2) is 47.4 Å². The average molecular weight is 400 g/mol. The van der Waals surface area contributed by atoms with Gasteiger partial charge in [0.1, 0.15) is 4.90 Å². The number of nitrogens with zero attached hydrogens (tertiary/aromatic N) is 1. The molecule has 0 heterocycles. The third-order valence-corrected chi connectivity index (χ3v) is 5.41. The molecular weight excluding hydrogens is 382 g/mol. The maximum Gasteiger partial charge on any atom is 0.387 e. The van der Waals surface area contributed by atoms with Gasteiger partial charge < -0.3 is 14.8 Å². The summed E-state index contributed by atoms with van der Waals surface area (Å²) in [6, 6.07) is 9.59. The van der Waals surface area contributed by atoms with Crippen LogP contribution in [0.1, 0.15) is 10.4 Å². The first-order valence-corrected chi connectivity index (χ1v) is 9.06. The van der Waals surface area contributed by atoms with Crippen molar-refractivity contribution in [1.29, 1.82) is 0 Å². The first-order valence-electron chi connectivity index (χ1n) is 7.62. The predicted octanol–water partition coefficient (Wildman–Crippen LogP) is 2.80. The summed E-state index contributed by atoms with van der Waals surface area (Å²) >= 11 is 0. The molecular formula is C17H18F2N2O5S. The van der Waals surface area contributed by atoms with E-state index in [9.17, 15) is 22.0 Å². The van der Waals surface area contributed by atoms with Gasteiger partial charge in [-0.05, 0) is 30.3 Å². The van der Waals surface area contributed by atoms with Crippen LogP contribution in [0.3, 0.4) is 0 Å². The number of methoxy groups -OCH3 is 1. The van der Waals surface area contributed by atoms with E-state index in [0.717, 1.165) is 10.4 Å². The maximum absolute atomic E-state index is 12.5. The molecule has 7 nitrogen and oxygen atoms in total. The van der Waals surface area contributed by atoms with Crippen molar-refractivity contribution in [3.05, 3.63) is 48.0 Å². The Kier molecular flexibility index (Phi) is 6.34. The summed E-state index contributed by atoms with van der Waals surface area (Å²) in [4.78, 5) is 12.4. The zero-order chi connectivity index (χ0) is 20.2. The Morgan fingerprint density at radius 1 is 1.11 bits per heavy atom. The van der Waals surface area contributed by atoms with E-state index in [0.29, 0.717) is 0 Å². The lowest BCUT2D eigenvalue weighted by atomic mass is 10.2. The van der Waals surface area contributed by atoms with Gasteiger partial charge in [-0.2, -0.15) is 8.78 Å². The number of ether oxygens (including phenoxy) is 2. The van der Waals surface area contributed by atoms with E-state index in [1.165, 1.54) is 51.5 Å². The van der Waals surface area contributed by atoms with Gasteiger partial charge in [-0.25, -0.2) is 12.7 Å². The highest BCUT2D eigenvalue weighted by atomic mass is 32.2. The molecule has 0 aliphatic heterocycles. The zero-order valence-electron chi connectivity index (χ0n) is 14.8. The van der Waals surface area contributed by atoms with E-state index in [1.807, 2.05) is 0 Å². The minimum absolute atomic E-state index is 0.0106. The van der Waals surface area contributed by atoms with Crippen LogP contribution in [-0.4, -0.2) is 46.4 Å². The molecule has 0 radical (unpaired) electrons. The average Bonchev–Trinajstić information content (AvgIpc) is 2.61. The lowest BCUT2D eigenvalue weighted by Gasteiger charge is -2.16. The van der Waals surface area contributed by atoms with Crippen LogP contribution in [0, 0.1) is 0 Å². The number of halogens is 2. The van der Waals surface area contributed by atoms with Crippen molar-refractivity contribution >= 4 is 21.6 Å². The molecule has 10 heteroatoms. The minimum atomic E-state index is -3.80. The van der Waals surface area contributed by atoms with Gasteiger partial charge in [0.25, 0.3) is 5.91 Å². The van der Waals surface area contributed by atoms with Crippen molar-refractivity contribution in [3.63, 3.8) is 0 Å². The van der Waals surface area contributed by atoms with Gasteiger partial charge >= 0.3 is 6.61 Å². The highest BCUT2D eigenvalue weighted by Gasteiger charge is 2.22. The fourth-order valence-electron chi connectivity index (χ4n) is 2.19. The van der Waals surface area contributed by atoms with Crippen molar-refractivity contribution in [2.45, 2.75) is 11.5 Å².